The van der Waals surface area contributed by atoms with Crippen molar-refractivity contribution in [2.24, 2.45) is 0 Å². The lowest BCUT2D eigenvalue weighted by atomic mass is 9.96. The third-order valence-electron chi connectivity index (χ3n) is 3.58. The minimum atomic E-state index is -5.70. The zero-order valence-electron chi connectivity index (χ0n) is 13.5. The monoisotopic (exact) mass is 408 g/mol. The first-order valence-electron chi connectivity index (χ1n) is 7.33. The number of benzene rings is 2. The first-order valence-corrected chi connectivity index (χ1v) is 7.33. The summed E-state index contributed by atoms with van der Waals surface area (Å²) in [7, 11) is 0. The average Bonchev–Trinajstić information content (AvgIpc) is 2.53. The molecular weight excluding hydrogens is 398 g/mol. The topological polar surface area (TPSA) is 83.8 Å². The fourth-order valence-electron chi connectivity index (χ4n) is 2.48. The Kier molecular flexibility index (Phi) is 5.57. The predicted molar refractivity (Wildman–Crippen MR) is 81.7 cm³/mol. The molecule has 2 rings (SSSR count). The third kappa shape index (κ3) is 4.35. The van der Waals surface area contributed by atoms with Crippen molar-refractivity contribution < 1.29 is 50.9 Å². The molecule has 0 radical (unpaired) electrons. The molecule has 0 unspecified atom stereocenters. The number of carboxylic acids is 2. The van der Waals surface area contributed by atoms with Crippen molar-refractivity contribution in [1.29, 1.82) is 0 Å². The quantitative estimate of drug-likeness (QED) is 0.674. The molecule has 5 nitrogen and oxygen atoms in total. The van der Waals surface area contributed by atoms with Gasteiger partial charge in [-0.3, -0.25) is 0 Å². The summed E-state index contributed by atoms with van der Waals surface area (Å²) in [5.41, 5.74) is -2.95. The number of halogens is 6. The van der Waals surface area contributed by atoms with Crippen molar-refractivity contribution in [2.75, 3.05) is 0 Å². The van der Waals surface area contributed by atoms with E-state index in [2.05, 4.69) is 0 Å². The number of ether oxygens (including phenoxy) is 1. The van der Waals surface area contributed by atoms with Gasteiger partial charge in [-0.2, -0.15) is 26.3 Å². The van der Waals surface area contributed by atoms with Crippen LogP contribution < -0.4 is 4.74 Å². The Bertz CT molecular complexity index is 890. The Balaban J connectivity index is 2.64. The van der Waals surface area contributed by atoms with E-state index in [9.17, 15) is 41.0 Å². The molecule has 28 heavy (non-hydrogen) atoms. The van der Waals surface area contributed by atoms with Crippen molar-refractivity contribution in [2.45, 2.75) is 18.3 Å². The molecule has 0 heterocycles. The summed E-state index contributed by atoms with van der Waals surface area (Å²) in [6.45, 7) is 0. The van der Waals surface area contributed by atoms with Gasteiger partial charge in [-0.1, -0.05) is 24.3 Å². The Morgan fingerprint density at radius 2 is 1.32 bits per heavy atom. The summed E-state index contributed by atoms with van der Waals surface area (Å²) in [6, 6.07) is 6.21. The molecule has 0 saturated carbocycles. The van der Waals surface area contributed by atoms with Gasteiger partial charge >= 0.3 is 24.3 Å². The molecule has 0 aliphatic rings. The Labute approximate surface area is 152 Å². The third-order valence-corrected chi connectivity index (χ3v) is 3.58. The highest BCUT2D eigenvalue weighted by Gasteiger charge is 2.58. The lowest BCUT2D eigenvalue weighted by molar-refractivity contribution is -0.253. The minimum absolute atomic E-state index is 0.544. The van der Waals surface area contributed by atoms with Crippen LogP contribution in [-0.4, -0.2) is 34.5 Å². The summed E-state index contributed by atoms with van der Waals surface area (Å²) in [4.78, 5) is 22.5. The van der Waals surface area contributed by atoms with Gasteiger partial charge in [0, 0.05) is 5.56 Å². The molecule has 0 bridgehead atoms. The van der Waals surface area contributed by atoms with Gasteiger partial charge < -0.3 is 14.9 Å². The molecule has 11 heteroatoms. The van der Waals surface area contributed by atoms with Crippen LogP contribution in [0.3, 0.4) is 0 Å². The second-order valence-corrected chi connectivity index (χ2v) is 5.45. The van der Waals surface area contributed by atoms with Crippen molar-refractivity contribution in [3.63, 3.8) is 0 Å². The molecule has 0 atom stereocenters. The molecular formula is C17H10F6O5. The van der Waals surface area contributed by atoms with Gasteiger partial charge in [0.2, 0.25) is 0 Å². The van der Waals surface area contributed by atoms with Gasteiger partial charge in [-0.15, -0.1) is 0 Å². The van der Waals surface area contributed by atoms with Crippen LogP contribution in [0.1, 0.15) is 32.2 Å². The van der Waals surface area contributed by atoms with Crippen molar-refractivity contribution >= 4 is 11.9 Å². The van der Waals surface area contributed by atoms with Crippen LogP contribution >= 0.6 is 0 Å². The number of alkyl halides is 6. The van der Waals surface area contributed by atoms with E-state index in [0.717, 1.165) is 36.4 Å². The van der Waals surface area contributed by atoms with Gasteiger partial charge in [0.05, 0.1) is 5.56 Å². The fourth-order valence-corrected chi connectivity index (χ4v) is 2.48. The zero-order valence-corrected chi connectivity index (χ0v) is 13.5. The van der Waals surface area contributed by atoms with Crippen LogP contribution in [0.4, 0.5) is 26.3 Å². The minimum Gasteiger partial charge on any atom is -0.478 e. The molecule has 0 aliphatic heterocycles. The maximum Gasteiger partial charge on any atom is 0.404 e. The number of hydrogen-bond donors (Lipinski definition) is 2. The molecule has 0 saturated heterocycles. The highest BCUT2D eigenvalue weighted by Crippen LogP contribution is 2.49. The van der Waals surface area contributed by atoms with Crippen LogP contribution in [0.15, 0.2) is 42.5 Å². The summed E-state index contributed by atoms with van der Waals surface area (Å²) in [5.74, 6) is -8.96. The first-order chi connectivity index (χ1) is 12.8. The zero-order chi connectivity index (χ0) is 21.3. The van der Waals surface area contributed by atoms with Crippen LogP contribution in [0.5, 0.6) is 11.5 Å². The summed E-state index contributed by atoms with van der Waals surface area (Å²) in [6.07, 6.45) is -11.4. The van der Waals surface area contributed by atoms with Gasteiger partial charge in [0.15, 0.2) is 5.92 Å². The van der Waals surface area contributed by atoms with Gasteiger partial charge in [-0.05, 0) is 18.2 Å². The van der Waals surface area contributed by atoms with Crippen LogP contribution in [0.25, 0.3) is 0 Å². The lowest BCUT2D eigenvalue weighted by Crippen LogP contribution is -2.34. The Hall–Kier alpha value is -3.24. The van der Waals surface area contributed by atoms with Crippen LogP contribution in [0, 0.1) is 0 Å². The lowest BCUT2D eigenvalue weighted by Gasteiger charge is -2.25. The maximum atomic E-state index is 13.1. The Morgan fingerprint density at radius 1 is 0.786 bits per heavy atom. The van der Waals surface area contributed by atoms with Crippen molar-refractivity contribution in [1.82, 2.24) is 0 Å². The molecule has 2 N–H and O–H groups in total. The normalized spacial score (nSPS) is 12.1. The molecule has 0 aliphatic carbocycles. The van der Waals surface area contributed by atoms with Crippen LogP contribution in [-0.2, 0) is 0 Å². The van der Waals surface area contributed by atoms with Gasteiger partial charge in [-0.25, -0.2) is 9.59 Å². The number of para-hydroxylation sites is 1. The van der Waals surface area contributed by atoms with E-state index in [4.69, 9.17) is 9.84 Å². The van der Waals surface area contributed by atoms with E-state index in [1.165, 1.54) is 0 Å². The SMILES string of the molecule is O=C(O)c1cccc(Oc2ccccc2C(C(F)(F)F)C(F)(F)F)c1C(=O)O. The van der Waals surface area contributed by atoms with E-state index in [-0.39, 0.29) is 0 Å². The van der Waals surface area contributed by atoms with E-state index < -0.39 is 58.4 Å². The van der Waals surface area contributed by atoms with Crippen molar-refractivity contribution in [3.05, 3.63) is 59.2 Å². The molecule has 0 spiro atoms. The average molecular weight is 408 g/mol. The van der Waals surface area contributed by atoms with Crippen LogP contribution in [0.2, 0.25) is 0 Å². The number of hydrogen-bond acceptors (Lipinski definition) is 3. The van der Waals surface area contributed by atoms with Crippen molar-refractivity contribution in [3.8, 4) is 11.5 Å². The highest BCUT2D eigenvalue weighted by atomic mass is 19.4. The van der Waals surface area contributed by atoms with E-state index in [1.54, 1.807) is 0 Å². The van der Waals surface area contributed by atoms with E-state index in [0.29, 0.717) is 6.07 Å². The number of carboxylic acid groups (broad SMARTS) is 2. The maximum absolute atomic E-state index is 13.1. The highest BCUT2D eigenvalue weighted by molar-refractivity contribution is 6.03. The van der Waals surface area contributed by atoms with E-state index in [1.807, 2.05) is 0 Å². The number of rotatable bonds is 5. The molecule has 2 aromatic carbocycles. The van der Waals surface area contributed by atoms with Gasteiger partial charge in [0.25, 0.3) is 0 Å². The predicted octanol–water partition coefficient (Wildman–Crippen LogP) is 5.08. The molecule has 0 fully saturated rings. The first kappa shape index (κ1) is 21.1. The number of aromatic carboxylic acids is 2. The summed E-state index contributed by atoms with van der Waals surface area (Å²) in [5, 5.41) is 18.3. The fraction of sp³-hybridized carbons (Fsp3) is 0.176. The second kappa shape index (κ2) is 7.41. The standard InChI is InChI=1S/C17H10F6O5/c18-16(19,20)13(17(21,22)23)8-4-1-2-6-10(8)28-11-7-3-5-9(14(24)25)12(11)15(26)27/h1-7,13H,(H,24,25)(H,26,27). The van der Waals surface area contributed by atoms with Gasteiger partial charge in [0.1, 0.15) is 17.1 Å². The largest absolute Gasteiger partial charge is 0.478 e. The molecule has 2 aromatic rings. The second-order valence-electron chi connectivity index (χ2n) is 5.45. The summed E-state index contributed by atoms with van der Waals surface area (Å²) < 4.78 is 83.3. The smallest absolute Gasteiger partial charge is 0.404 e. The molecule has 0 amide bonds. The molecule has 0 aromatic heterocycles. The number of carbonyl (C=O) groups is 2. The Morgan fingerprint density at radius 3 is 1.82 bits per heavy atom. The van der Waals surface area contributed by atoms with E-state index >= 15 is 0 Å². The molecule has 150 valence electrons. The summed E-state index contributed by atoms with van der Waals surface area (Å²) >= 11 is 0.